The van der Waals surface area contributed by atoms with Crippen LogP contribution in [0.1, 0.15) is 10.4 Å². The molecule has 0 saturated carbocycles. The van der Waals surface area contributed by atoms with E-state index in [2.05, 4.69) is 20.7 Å². The summed E-state index contributed by atoms with van der Waals surface area (Å²) in [7, 11) is 1.35. The topological polar surface area (TPSA) is 75.9 Å². The van der Waals surface area contributed by atoms with Gasteiger partial charge in [0.05, 0.1) is 12.7 Å². The van der Waals surface area contributed by atoms with Crippen LogP contribution in [0.5, 0.6) is 0 Å². The Kier molecular flexibility index (Phi) is 4.49. The number of carbonyl (C=O) groups excluding carboxylic acids is 2. The first-order valence-corrected chi connectivity index (χ1v) is 6.99. The van der Waals surface area contributed by atoms with E-state index in [0.29, 0.717) is 37.4 Å². The summed E-state index contributed by atoms with van der Waals surface area (Å²) in [6, 6.07) is 5.20. The molecule has 7 heteroatoms. The molecule has 0 aromatic heterocycles. The van der Waals surface area contributed by atoms with Gasteiger partial charge in [-0.05, 0) is 18.2 Å². The molecule has 20 heavy (non-hydrogen) atoms. The highest BCUT2D eigenvalue weighted by molar-refractivity contribution is 9.10. The van der Waals surface area contributed by atoms with E-state index >= 15 is 0 Å². The van der Waals surface area contributed by atoms with Crippen molar-refractivity contribution in [1.82, 2.24) is 9.80 Å². The van der Waals surface area contributed by atoms with E-state index in [-0.39, 0.29) is 12.0 Å². The summed E-state index contributed by atoms with van der Waals surface area (Å²) < 4.78 is 5.47. The number of nitrogens with two attached hydrogens (primary N) is 1. The summed E-state index contributed by atoms with van der Waals surface area (Å²) in [6.07, 6.45) is -0.362. The molecule has 1 aliphatic heterocycles. The number of piperazine rings is 1. The van der Waals surface area contributed by atoms with Gasteiger partial charge in [-0.1, -0.05) is 15.9 Å². The minimum atomic E-state index is -0.362. The Bertz CT molecular complexity index is 528. The number of anilines is 1. The quantitative estimate of drug-likeness (QED) is 0.786. The Labute approximate surface area is 125 Å². The van der Waals surface area contributed by atoms with Gasteiger partial charge in [0.1, 0.15) is 0 Å². The SMILES string of the molecule is COC(=O)N1CCN(C(=O)c2cc(Br)ccc2N)CC1. The van der Waals surface area contributed by atoms with Crippen LogP contribution in [0, 0.1) is 0 Å². The normalized spacial score (nSPS) is 15.1. The molecule has 0 atom stereocenters. The molecule has 1 aliphatic rings. The predicted molar refractivity (Wildman–Crippen MR) is 78.4 cm³/mol. The molecule has 2 rings (SSSR count). The van der Waals surface area contributed by atoms with Crippen molar-refractivity contribution >= 4 is 33.6 Å². The molecule has 1 fully saturated rings. The van der Waals surface area contributed by atoms with Gasteiger partial charge in [-0.15, -0.1) is 0 Å². The molecule has 108 valence electrons. The first kappa shape index (κ1) is 14.6. The Hall–Kier alpha value is -1.76. The lowest BCUT2D eigenvalue weighted by Crippen LogP contribution is -2.50. The standard InChI is InChI=1S/C13H16BrN3O3/c1-20-13(19)17-6-4-16(5-7-17)12(18)10-8-9(14)2-3-11(10)15/h2-3,8H,4-7,15H2,1H3. The van der Waals surface area contributed by atoms with Crippen molar-refractivity contribution in [2.45, 2.75) is 0 Å². The summed E-state index contributed by atoms with van der Waals surface area (Å²) in [4.78, 5) is 27.1. The van der Waals surface area contributed by atoms with Crippen molar-refractivity contribution in [3.63, 3.8) is 0 Å². The molecular formula is C13H16BrN3O3. The fraction of sp³-hybridized carbons (Fsp3) is 0.385. The van der Waals surface area contributed by atoms with Crippen LogP contribution in [0.3, 0.4) is 0 Å². The number of nitrogen functional groups attached to an aromatic ring is 1. The van der Waals surface area contributed by atoms with Crippen LogP contribution >= 0.6 is 15.9 Å². The van der Waals surface area contributed by atoms with E-state index in [1.54, 1.807) is 28.0 Å². The maximum atomic E-state index is 12.4. The highest BCUT2D eigenvalue weighted by Crippen LogP contribution is 2.20. The number of carbonyl (C=O) groups is 2. The number of hydrogen-bond donors (Lipinski definition) is 1. The van der Waals surface area contributed by atoms with Gasteiger partial charge in [-0.25, -0.2) is 4.79 Å². The van der Waals surface area contributed by atoms with Crippen LogP contribution in [-0.4, -0.2) is 55.1 Å². The first-order chi connectivity index (χ1) is 9.52. The second kappa shape index (κ2) is 6.13. The van der Waals surface area contributed by atoms with Crippen LogP contribution < -0.4 is 5.73 Å². The summed E-state index contributed by atoms with van der Waals surface area (Å²) in [5, 5.41) is 0. The summed E-state index contributed by atoms with van der Waals surface area (Å²) in [6.45, 7) is 1.87. The van der Waals surface area contributed by atoms with Gasteiger partial charge < -0.3 is 20.3 Å². The molecular weight excluding hydrogens is 326 g/mol. The summed E-state index contributed by atoms with van der Waals surface area (Å²) >= 11 is 3.33. The fourth-order valence-electron chi connectivity index (χ4n) is 2.11. The monoisotopic (exact) mass is 341 g/mol. The van der Waals surface area contributed by atoms with E-state index < -0.39 is 0 Å². The number of nitrogens with zero attached hydrogens (tertiary/aromatic N) is 2. The Morgan fingerprint density at radius 2 is 1.80 bits per heavy atom. The Morgan fingerprint density at radius 1 is 1.20 bits per heavy atom. The molecule has 0 bridgehead atoms. The zero-order valence-corrected chi connectivity index (χ0v) is 12.7. The molecule has 6 nitrogen and oxygen atoms in total. The van der Waals surface area contributed by atoms with Gasteiger partial charge in [-0.3, -0.25) is 4.79 Å². The maximum absolute atomic E-state index is 12.4. The average molecular weight is 342 g/mol. The molecule has 2 N–H and O–H groups in total. The minimum absolute atomic E-state index is 0.117. The second-order valence-electron chi connectivity index (χ2n) is 4.48. The van der Waals surface area contributed by atoms with Crippen molar-refractivity contribution < 1.29 is 14.3 Å². The van der Waals surface area contributed by atoms with Crippen molar-refractivity contribution in [3.05, 3.63) is 28.2 Å². The van der Waals surface area contributed by atoms with Crippen molar-refractivity contribution in [3.8, 4) is 0 Å². The lowest BCUT2D eigenvalue weighted by atomic mass is 10.1. The Balaban J connectivity index is 2.05. The van der Waals surface area contributed by atoms with Gasteiger partial charge in [0.15, 0.2) is 0 Å². The largest absolute Gasteiger partial charge is 0.453 e. The fourth-order valence-corrected chi connectivity index (χ4v) is 2.47. The number of methoxy groups -OCH3 is 1. The molecule has 2 amide bonds. The van der Waals surface area contributed by atoms with Crippen LogP contribution in [0.2, 0.25) is 0 Å². The third-order valence-electron chi connectivity index (χ3n) is 3.25. The van der Waals surface area contributed by atoms with E-state index in [9.17, 15) is 9.59 Å². The van der Waals surface area contributed by atoms with Crippen molar-refractivity contribution in [1.29, 1.82) is 0 Å². The van der Waals surface area contributed by atoms with Crippen molar-refractivity contribution in [2.75, 3.05) is 39.0 Å². The summed E-state index contributed by atoms with van der Waals surface area (Å²) in [5.41, 5.74) is 6.77. The molecule has 1 saturated heterocycles. The number of halogens is 1. The smallest absolute Gasteiger partial charge is 0.409 e. The number of ether oxygens (including phenoxy) is 1. The lowest BCUT2D eigenvalue weighted by Gasteiger charge is -2.34. The molecule has 1 aromatic carbocycles. The van der Waals surface area contributed by atoms with E-state index in [1.165, 1.54) is 7.11 Å². The zero-order chi connectivity index (χ0) is 14.7. The van der Waals surface area contributed by atoms with Gasteiger partial charge in [0.25, 0.3) is 5.91 Å². The number of benzene rings is 1. The highest BCUT2D eigenvalue weighted by Gasteiger charge is 2.26. The van der Waals surface area contributed by atoms with E-state index in [4.69, 9.17) is 5.73 Å². The van der Waals surface area contributed by atoms with Gasteiger partial charge in [0, 0.05) is 36.3 Å². The molecule has 0 radical (unpaired) electrons. The van der Waals surface area contributed by atoms with Gasteiger partial charge in [0.2, 0.25) is 0 Å². The highest BCUT2D eigenvalue weighted by atomic mass is 79.9. The Morgan fingerprint density at radius 3 is 2.40 bits per heavy atom. The summed E-state index contributed by atoms with van der Waals surface area (Å²) in [5.74, 6) is -0.117. The number of amides is 2. The predicted octanol–water partition coefficient (Wildman–Crippen LogP) is 1.56. The molecule has 1 heterocycles. The zero-order valence-electron chi connectivity index (χ0n) is 11.1. The second-order valence-corrected chi connectivity index (χ2v) is 5.40. The van der Waals surface area contributed by atoms with Crippen LogP contribution in [0.4, 0.5) is 10.5 Å². The van der Waals surface area contributed by atoms with Gasteiger partial charge >= 0.3 is 6.09 Å². The molecule has 0 unspecified atom stereocenters. The first-order valence-electron chi connectivity index (χ1n) is 6.20. The van der Waals surface area contributed by atoms with Crippen LogP contribution in [0.25, 0.3) is 0 Å². The third-order valence-corrected chi connectivity index (χ3v) is 3.74. The molecule has 1 aromatic rings. The van der Waals surface area contributed by atoms with Crippen LogP contribution in [0.15, 0.2) is 22.7 Å². The minimum Gasteiger partial charge on any atom is -0.453 e. The lowest BCUT2D eigenvalue weighted by molar-refractivity contribution is 0.0600. The molecule has 0 aliphatic carbocycles. The van der Waals surface area contributed by atoms with Crippen molar-refractivity contribution in [2.24, 2.45) is 0 Å². The maximum Gasteiger partial charge on any atom is 0.409 e. The number of rotatable bonds is 1. The molecule has 0 spiro atoms. The van der Waals surface area contributed by atoms with E-state index in [1.807, 2.05) is 0 Å². The van der Waals surface area contributed by atoms with Crippen LogP contribution in [-0.2, 0) is 4.74 Å². The third kappa shape index (κ3) is 3.04. The average Bonchev–Trinajstić information content (AvgIpc) is 2.48. The van der Waals surface area contributed by atoms with Gasteiger partial charge in [-0.2, -0.15) is 0 Å². The van der Waals surface area contributed by atoms with E-state index in [0.717, 1.165) is 4.47 Å². The number of hydrogen-bond acceptors (Lipinski definition) is 4.